The van der Waals surface area contributed by atoms with Gasteiger partial charge in [-0.1, -0.05) is 24.3 Å². The Hall–Kier alpha value is -2.17. The van der Waals surface area contributed by atoms with E-state index >= 15 is 0 Å². The summed E-state index contributed by atoms with van der Waals surface area (Å²) in [6.07, 6.45) is 3.95. The summed E-state index contributed by atoms with van der Waals surface area (Å²) >= 11 is 3.23. The Bertz CT molecular complexity index is 989. The first-order chi connectivity index (χ1) is 11.7. The maximum absolute atomic E-state index is 13.3. The summed E-state index contributed by atoms with van der Waals surface area (Å²) in [7, 11) is 0. The van der Waals surface area contributed by atoms with Gasteiger partial charge in [0.15, 0.2) is 0 Å². The van der Waals surface area contributed by atoms with Crippen LogP contribution in [0, 0.1) is 5.82 Å². The summed E-state index contributed by atoms with van der Waals surface area (Å²) in [6.45, 7) is 0. The molecular formula is C20H14FNS2. The molecule has 0 N–H and O–H groups in total. The fraction of sp³-hybridized carbons (Fsp3) is 0.0500. The van der Waals surface area contributed by atoms with Crippen molar-refractivity contribution in [3.8, 4) is 22.3 Å². The van der Waals surface area contributed by atoms with Crippen LogP contribution in [-0.4, -0.2) is 10.6 Å². The molecule has 0 amide bonds. The van der Waals surface area contributed by atoms with Crippen molar-refractivity contribution < 1.29 is 4.39 Å². The minimum Gasteiger partial charge on any atom is -0.207 e. The van der Waals surface area contributed by atoms with Crippen LogP contribution in [0.4, 0.5) is 4.39 Å². The molecule has 0 aliphatic heterocycles. The molecule has 0 spiro atoms. The van der Waals surface area contributed by atoms with Crippen molar-refractivity contribution in [2.75, 3.05) is 6.26 Å². The van der Waals surface area contributed by atoms with Gasteiger partial charge in [0.05, 0.1) is 4.70 Å². The quantitative estimate of drug-likeness (QED) is 0.391. The van der Waals surface area contributed by atoms with Crippen molar-refractivity contribution in [3.05, 3.63) is 72.7 Å². The second kappa shape index (κ2) is 6.38. The number of rotatable bonds is 3. The highest BCUT2D eigenvalue weighted by molar-refractivity contribution is 7.98. The van der Waals surface area contributed by atoms with Crippen LogP contribution in [0.25, 0.3) is 32.3 Å². The number of aromatic nitrogens is 1. The lowest BCUT2D eigenvalue weighted by Gasteiger charge is -2.11. The third-order valence-corrected chi connectivity index (χ3v) is 5.55. The Morgan fingerprint density at radius 1 is 0.875 bits per heavy atom. The molecule has 0 aliphatic rings. The lowest BCUT2D eigenvalue weighted by Crippen LogP contribution is -1.86. The Kier molecular flexibility index (Phi) is 4.08. The number of thioether (sulfide) groups is 1. The average Bonchev–Trinajstić information content (AvgIpc) is 3.09. The molecule has 24 heavy (non-hydrogen) atoms. The summed E-state index contributed by atoms with van der Waals surface area (Å²) in [5.41, 5.74) is 4.40. The standard InChI is InChI=1S/C20H14FNS2/c1-23-17-8-4-14(5-9-17)19-11-20-15(12-22-24-20)10-18(19)13-2-6-16(21)7-3-13/h2-12H,1H3. The summed E-state index contributed by atoms with van der Waals surface area (Å²) in [6, 6.07) is 19.5. The monoisotopic (exact) mass is 351 g/mol. The molecule has 0 saturated heterocycles. The molecule has 1 heterocycles. The van der Waals surface area contributed by atoms with Gasteiger partial charge in [-0.05, 0) is 76.4 Å². The Labute approximate surface area is 148 Å². The van der Waals surface area contributed by atoms with Crippen molar-refractivity contribution in [2.45, 2.75) is 4.90 Å². The Morgan fingerprint density at radius 2 is 1.50 bits per heavy atom. The van der Waals surface area contributed by atoms with Gasteiger partial charge in [-0.25, -0.2) is 4.39 Å². The molecule has 4 aromatic rings. The summed E-state index contributed by atoms with van der Waals surface area (Å²) in [5, 5.41) is 1.11. The second-order valence-electron chi connectivity index (χ2n) is 5.50. The first kappa shape index (κ1) is 15.4. The van der Waals surface area contributed by atoms with E-state index in [2.05, 4.69) is 47.0 Å². The third-order valence-electron chi connectivity index (χ3n) is 4.05. The van der Waals surface area contributed by atoms with Crippen LogP contribution >= 0.6 is 23.3 Å². The number of hydrogen-bond donors (Lipinski definition) is 0. The zero-order chi connectivity index (χ0) is 16.5. The van der Waals surface area contributed by atoms with E-state index in [0.29, 0.717) is 0 Å². The highest BCUT2D eigenvalue weighted by atomic mass is 32.2. The molecule has 0 unspecified atom stereocenters. The van der Waals surface area contributed by atoms with Gasteiger partial charge in [-0.15, -0.1) is 11.8 Å². The van der Waals surface area contributed by atoms with Gasteiger partial charge in [0, 0.05) is 16.5 Å². The molecule has 4 heteroatoms. The van der Waals surface area contributed by atoms with E-state index in [-0.39, 0.29) is 5.82 Å². The minimum atomic E-state index is -0.220. The fourth-order valence-corrected chi connectivity index (χ4v) is 3.87. The van der Waals surface area contributed by atoms with Crippen LogP contribution in [0.3, 0.4) is 0 Å². The van der Waals surface area contributed by atoms with Crippen LogP contribution in [-0.2, 0) is 0 Å². The minimum absolute atomic E-state index is 0.220. The van der Waals surface area contributed by atoms with Crippen LogP contribution in [0.2, 0.25) is 0 Å². The smallest absolute Gasteiger partial charge is 0.123 e. The molecule has 0 radical (unpaired) electrons. The highest BCUT2D eigenvalue weighted by Gasteiger charge is 2.11. The first-order valence-corrected chi connectivity index (χ1v) is 9.53. The predicted octanol–water partition coefficient (Wildman–Crippen LogP) is 6.49. The molecule has 1 nitrogen and oxygen atoms in total. The van der Waals surface area contributed by atoms with Crippen LogP contribution in [0.1, 0.15) is 0 Å². The van der Waals surface area contributed by atoms with E-state index in [0.717, 1.165) is 32.3 Å². The van der Waals surface area contributed by atoms with E-state index < -0.39 is 0 Å². The molecule has 4 rings (SSSR count). The van der Waals surface area contributed by atoms with Gasteiger partial charge in [0.1, 0.15) is 5.82 Å². The summed E-state index contributed by atoms with van der Waals surface area (Å²) in [4.78, 5) is 1.24. The van der Waals surface area contributed by atoms with Crippen LogP contribution in [0.15, 0.2) is 71.8 Å². The van der Waals surface area contributed by atoms with E-state index in [9.17, 15) is 4.39 Å². The van der Waals surface area contributed by atoms with Gasteiger partial charge in [-0.2, -0.15) is 4.37 Å². The van der Waals surface area contributed by atoms with E-state index in [4.69, 9.17) is 0 Å². The molecule has 118 valence electrons. The first-order valence-electron chi connectivity index (χ1n) is 7.53. The number of benzene rings is 3. The van der Waals surface area contributed by atoms with Crippen molar-refractivity contribution in [2.24, 2.45) is 0 Å². The zero-order valence-electron chi connectivity index (χ0n) is 13.0. The summed E-state index contributed by atoms with van der Waals surface area (Å²) < 4.78 is 18.7. The normalized spacial score (nSPS) is 11.1. The fourth-order valence-electron chi connectivity index (χ4n) is 2.79. The molecule has 0 fully saturated rings. The van der Waals surface area contributed by atoms with Crippen molar-refractivity contribution in [1.29, 1.82) is 0 Å². The maximum atomic E-state index is 13.3. The Morgan fingerprint density at radius 3 is 2.17 bits per heavy atom. The number of fused-ring (bicyclic) bond motifs is 1. The van der Waals surface area contributed by atoms with Crippen molar-refractivity contribution in [1.82, 2.24) is 4.37 Å². The van der Waals surface area contributed by atoms with Gasteiger partial charge < -0.3 is 0 Å². The highest BCUT2D eigenvalue weighted by Crippen LogP contribution is 2.37. The molecule has 0 bridgehead atoms. The maximum Gasteiger partial charge on any atom is 0.123 e. The third kappa shape index (κ3) is 2.83. The topological polar surface area (TPSA) is 12.9 Å². The van der Waals surface area contributed by atoms with Gasteiger partial charge in [0.2, 0.25) is 0 Å². The molecule has 3 aromatic carbocycles. The largest absolute Gasteiger partial charge is 0.207 e. The van der Waals surface area contributed by atoms with Crippen LogP contribution < -0.4 is 0 Å². The van der Waals surface area contributed by atoms with Crippen molar-refractivity contribution >= 4 is 33.4 Å². The lowest BCUT2D eigenvalue weighted by molar-refractivity contribution is 0.628. The average molecular weight is 351 g/mol. The van der Waals surface area contributed by atoms with Gasteiger partial charge in [0.25, 0.3) is 0 Å². The zero-order valence-corrected chi connectivity index (χ0v) is 14.6. The lowest BCUT2D eigenvalue weighted by atomic mass is 9.93. The number of nitrogens with zero attached hydrogens (tertiary/aromatic N) is 1. The molecule has 0 aliphatic carbocycles. The number of halogens is 1. The SMILES string of the molecule is CSc1ccc(-c2cc3sncc3cc2-c2ccc(F)cc2)cc1. The molecule has 0 saturated carbocycles. The van der Waals surface area contributed by atoms with Crippen molar-refractivity contribution in [3.63, 3.8) is 0 Å². The Balaban J connectivity index is 1.94. The van der Waals surface area contributed by atoms with E-state index in [1.807, 2.05) is 18.3 Å². The predicted molar refractivity (Wildman–Crippen MR) is 102 cm³/mol. The van der Waals surface area contributed by atoms with Crippen LogP contribution in [0.5, 0.6) is 0 Å². The van der Waals surface area contributed by atoms with E-state index in [1.165, 1.54) is 28.6 Å². The molecule has 0 atom stereocenters. The molecule has 1 aromatic heterocycles. The van der Waals surface area contributed by atoms with E-state index in [1.54, 1.807) is 11.8 Å². The van der Waals surface area contributed by atoms with Gasteiger partial charge >= 0.3 is 0 Å². The molecular weight excluding hydrogens is 337 g/mol. The van der Waals surface area contributed by atoms with Gasteiger partial charge in [-0.3, -0.25) is 0 Å². The number of hydrogen-bond acceptors (Lipinski definition) is 3. The summed E-state index contributed by atoms with van der Waals surface area (Å²) in [5.74, 6) is -0.220. The second-order valence-corrected chi connectivity index (χ2v) is 7.21.